The molecule has 0 bridgehead atoms. The number of rotatable bonds is 6. The largest absolute Gasteiger partial charge is 0.493 e. The van der Waals surface area contributed by atoms with Crippen LogP contribution in [0.15, 0.2) is 41.1 Å². The van der Waals surface area contributed by atoms with Crippen LogP contribution >= 0.6 is 15.9 Å². The Morgan fingerprint density at radius 2 is 2.05 bits per heavy atom. The van der Waals surface area contributed by atoms with E-state index in [1.54, 1.807) is 23.9 Å². The summed E-state index contributed by atoms with van der Waals surface area (Å²) in [7, 11) is 1.59. The topological polar surface area (TPSA) is 60.7 Å². The van der Waals surface area contributed by atoms with Crippen LogP contribution in [0.5, 0.6) is 11.5 Å². The summed E-state index contributed by atoms with van der Waals surface area (Å²) < 4.78 is 13.3. The van der Waals surface area contributed by atoms with Gasteiger partial charge < -0.3 is 19.1 Å². The molecule has 6 heteroatoms. The zero-order valence-corrected chi connectivity index (χ0v) is 12.5. The summed E-state index contributed by atoms with van der Waals surface area (Å²) in [5, 5.41) is 8.91. The second kappa shape index (κ2) is 6.47. The standard InChI is InChI=1S/C14H14BrNO4/c1-19-11-4-2-3-5-12(11)20-7-6-16-9-10(14(17)18)8-13(16)15/h2-5,8-9H,6-7H2,1H3,(H,17,18). The van der Waals surface area contributed by atoms with Crippen molar-refractivity contribution in [3.8, 4) is 11.5 Å². The molecule has 1 N–H and O–H groups in total. The Labute approximate surface area is 124 Å². The highest BCUT2D eigenvalue weighted by Crippen LogP contribution is 2.25. The van der Waals surface area contributed by atoms with Crippen LogP contribution in [0.3, 0.4) is 0 Å². The molecule has 0 unspecified atom stereocenters. The van der Waals surface area contributed by atoms with Gasteiger partial charge in [-0.3, -0.25) is 0 Å². The molecule has 0 aliphatic rings. The van der Waals surface area contributed by atoms with Crippen molar-refractivity contribution < 1.29 is 19.4 Å². The number of halogens is 1. The van der Waals surface area contributed by atoms with Gasteiger partial charge in [0.1, 0.15) is 6.61 Å². The molecule has 0 fully saturated rings. The number of carbonyl (C=O) groups is 1. The zero-order valence-electron chi connectivity index (χ0n) is 10.9. The maximum absolute atomic E-state index is 10.9. The Kier molecular flexibility index (Phi) is 4.68. The van der Waals surface area contributed by atoms with Crippen LogP contribution in [-0.2, 0) is 6.54 Å². The number of aromatic carboxylic acids is 1. The summed E-state index contributed by atoms with van der Waals surface area (Å²) in [5.41, 5.74) is 0.245. The summed E-state index contributed by atoms with van der Waals surface area (Å²) in [6, 6.07) is 8.94. The minimum absolute atomic E-state index is 0.245. The first kappa shape index (κ1) is 14.5. The smallest absolute Gasteiger partial charge is 0.337 e. The maximum Gasteiger partial charge on any atom is 0.337 e. The average Bonchev–Trinajstić information content (AvgIpc) is 2.81. The van der Waals surface area contributed by atoms with Crippen molar-refractivity contribution in [3.63, 3.8) is 0 Å². The quantitative estimate of drug-likeness (QED) is 0.878. The third-order valence-electron chi connectivity index (χ3n) is 2.75. The normalized spacial score (nSPS) is 10.3. The lowest BCUT2D eigenvalue weighted by Gasteiger charge is -2.11. The highest BCUT2D eigenvalue weighted by Gasteiger charge is 2.09. The van der Waals surface area contributed by atoms with E-state index in [-0.39, 0.29) is 5.56 Å². The number of nitrogens with zero attached hydrogens (tertiary/aromatic N) is 1. The molecule has 0 aliphatic carbocycles. The van der Waals surface area contributed by atoms with Crippen molar-refractivity contribution in [2.75, 3.05) is 13.7 Å². The first-order valence-corrected chi connectivity index (χ1v) is 6.76. The van der Waals surface area contributed by atoms with Gasteiger partial charge in [0.15, 0.2) is 11.5 Å². The molecule has 0 amide bonds. The molecular formula is C14H14BrNO4. The summed E-state index contributed by atoms with van der Waals surface area (Å²) in [6.45, 7) is 0.943. The summed E-state index contributed by atoms with van der Waals surface area (Å²) in [4.78, 5) is 10.9. The van der Waals surface area contributed by atoms with E-state index in [1.807, 2.05) is 24.3 Å². The van der Waals surface area contributed by atoms with Crippen molar-refractivity contribution in [2.24, 2.45) is 0 Å². The van der Waals surface area contributed by atoms with E-state index < -0.39 is 5.97 Å². The fraction of sp³-hybridized carbons (Fsp3) is 0.214. The number of methoxy groups -OCH3 is 1. The Balaban J connectivity index is 1.97. The molecule has 0 aliphatic heterocycles. The van der Waals surface area contributed by atoms with E-state index in [1.165, 1.54) is 0 Å². The predicted octanol–water partition coefficient (Wildman–Crippen LogP) is 3.04. The van der Waals surface area contributed by atoms with E-state index in [0.717, 1.165) is 0 Å². The van der Waals surface area contributed by atoms with Gasteiger partial charge in [-0.15, -0.1) is 0 Å². The van der Waals surface area contributed by atoms with Gasteiger partial charge in [-0.1, -0.05) is 12.1 Å². The Morgan fingerprint density at radius 3 is 2.65 bits per heavy atom. The molecule has 2 rings (SSSR count). The van der Waals surface area contributed by atoms with Crippen LogP contribution in [0.4, 0.5) is 0 Å². The van der Waals surface area contributed by atoms with Gasteiger partial charge in [-0.2, -0.15) is 0 Å². The van der Waals surface area contributed by atoms with Gasteiger partial charge in [0.25, 0.3) is 0 Å². The van der Waals surface area contributed by atoms with Crippen LogP contribution in [0, 0.1) is 0 Å². The van der Waals surface area contributed by atoms with E-state index in [4.69, 9.17) is 14.6 Å². The first-order chi connectivity index (χ1) is 9.61. The molecule has 0 saturated heterocycles. The van der Waals surface area contributed by atoms with Crippen molar-refractivity contribution in [1.29, 1.82) is 0 Å². The summed E-state index contributed by atoms with van der Waals surface area (Å²) >= 11 is 3.32. The van der Waals surface area contributed by atoms with Crippen LogP contribution in [0.2, 0.25) is 0 Å². The second-order valence-electron chi connectivity index (χ2n) is 4.05. The lowest BCUT2D eigenvalue weighted by Crippen LogP contribution is -2.08. The van der Waals surface area contributed by atoms with Gasteiger partial charge in [0.2, 0.25) is 0 Å². The molecule has 1 aromatic heterocycles. The predicted molar refractivity (Wildman–Crippen MR) is 77.6 cm³/mol. The zero-order chi connectivity index (χ0) is 14.5. The minimum atomic E-state index is -0.949. The number of carboxylic acid groups (broad SMARTS) is 1. The second-order valence-corrected chi connectivity index (χ2v) is 4.86. The van der Waals surface area contributed by atoms with Gasteiger partial charge in [0, 0.05) is 6.20 Å². The third-order valence-corrected chi connectivity index (χ3v) is 3.43. The monoisotopic (exact) mass is 339 g/mol. The number of para-hydroxylation sites is 2. The molecule has 0 atom stereocenters. The van der Waals surface area contributed by atoms with Gasteiger partial charge in [0.05, 0.1) is 23.8 Å². The number of benzene rings is 1. The van der Waals surface area contributed by atoms with E-state index >= 15 is 0 Å². The van der Waals surface area contributed by atoms with Gasteiger partial charge in [-0.25, -0.2) is 4.79 Å². The minimum Gasteiger partial charge on any atom is -0.493 e. The SMILES string of the molecule is COc1ccccc1OCCn1cc(C(=O)O)cc1Br. The highest BCUT2D eigenvalue weighted by atomic mass is 79.9. The number of carboxylic acids is 1. The van der Waals surface area contributed by atoms with Crippen LogP contribution in [-0.4, -0.2) is 29.4 Å². The molecule has 0 saturated carbocycles. The fourth-order valence-electron chi connectivity index (χ4n) is 1.76. The van der Waals surface area contributed by atoms with E-state index in [9.17, 15) is 4.79 Å². The Bertz CT molecular complexity index is 609. The number of hydrogen-bond acceptors (Lipinski definition) is 3. The Morgan fingerprint density at radius 1 is 1.35 bits per heavy atom. The van der Waals surface area contributed by atoms with Crippen molar-refractivity contribution >= 4 is 21.9 Å². The van der Waals surface area contributed by atoms with Crippen molar-refractivity contribution in [2.45, 2.75) is 6.54 Å². The molecule has 0 radical (unpaired) electrons. The number of ether oxygens (including phenoxy) is 2. The van der Waals surface area contributed by atoms with E-state index in [0.29, 0.717) is 29.3 Å². The van der Waals surface area contributed by atoms with Gasteiger partial charge >= 0.3 is 5.97 Å². The van der Waals surface area contributed by atoms with Crippen LogP contribution in [0.1, 0.15) is 10.4 Å². The maximum atomic E-state index is 10.9. The lowest BCUT2D eigenvalue weighted by molar-refractivity contribution is 0.0696. The molecule has 0 spiro atoms. The highest BCUT2D eigenvalue weighted by molar-refractivity contribution is 9.10. The molecule has 106 valence electrons. The van der Waals surface area contributed by atoms with Gasteiger partial charge in [-0.05, 0) is 34.1 Å². The molecule has 2 aromatic rings. The molecule has 1 aromatic carbocycles. The fourth-order valence-corrected chi connectivity index (χ4v) is 2.28. The average molecular weight is 340 g/mol. The van der Waals surface area contributed by atoms with Crippen LogP contribution < -0.4 is 9.47 Å². The number of aromatic nitrogens is 1. The third kappa shape index (κ3) is 3.33. The number of hydrogen-bond donors (Lipinski definition) is 1. The molecule has 20 heavy (non-hydrogen) atoms. The Hall–Kier alpha value is -1.95. The summed E-state index contributed by atoms with van der Waals surface area (Å²) in [6.07, 6.45) is 1.57. The lowest BCUT2D eigenvalue weighted by atomic mass is 10.3. The van der Waals surface area contributed by atoms with Crippen molar-refractivity contribution in [1.82, 2.24) is 4.57 Å². The molecular weight excluding hydrogens is 326 g/mol. The first-order valence-electron chi connectivity index (χ1n) is 5.96. The summed E-state index contributed by atoms with van der Waals surface area (Å²) in [5.74, 6) is 0.386. The molecule has 5 nitrogen and oxygen atoms in total. The molecule has 1 heterocycles. The van der Waals surface area contributed by atoms with Crippen LogP contribution in [0.25, 0.3) is 0 Å². The van der Waals surface area contributed by atoms with Crippen molar-refractivity contribution in [3.05, 3.63) is 46.7 Å². The van der Waals surface area contributed by atoms with E-state index in [2.05, 4.69) is 15.9 Å².